The van der Waals surface area contributed by atoms with Gasteiger partial charge in [-0.3, -0.25) is 4.79 Å². The fourth-order valence-electron chi connectivity index (χ4n) is 2.85. The van der Waals surface area contributed by atoms with Crippen molar-refractivity contribution in [1.82, 2.24) is 10.2 Å². The molecule has 2 aliphatic heterocycles. The molecule has 1 N–H and O–H groups in total. The van der Waals surface area contributed by atoms with Crippen LogP contribution in [0, 0.1) is 5.41 Å². The molecule has 118 valence electrons. The number of hydrogen-bond donors (Lipinski definition) is 1. The van der Waals surface area contributed by atoms with Crippen molar-refractivity contribution in [3.8, 4) is 0 Å². The van der Waals surface area contributed by atoms with E-state index in [0.717, 1.165) is 22.9 Å². The smallest absolute Gasteiger partial charge is 0.337 e. The first-order valence-corrected chi connectivity index (χ1v) is 8.30. The van der Waals surface area contributed by atoms with Crippen LogP contribution in [0.4, 0.5) is 0 Å². The van der Waals surface area contributed by atoms with E-state index >= 15 is 0 Å². The Hall–Kier alpha value is -1.17. The number of nitrogens with zero attached hydrogens (tertiary/aromatic N) is 1. The van der Waals surface area contributed by atoms with Gasteiger partial charge in [0.1, 0.15) is 0 Å². The van der Waals surface area contributed by atoms with Gasteiger partial charge in [-0.25, -0.2) is 4.79 Å². The molecule has 6 heteroatoms. The van der Waals surface area contributed by atoms with Gasteiger partial charge in [0, 0.05) is 37.2 Å². The van der Waals surface area contributed by atoms with E-state index in [1.165, 1.54) is 0 Å². The summed E-state index contributed by atoms with van der Waals surface area (Å²) in [5.74, 6) is 0.663. The molecule has 0 aliphatic carbocycles. The minimum atomic E-state index is -0.240. The zero-order valence-electron chi connectivity index (χ0n) is 13.4. The zero-order valence-corrected chi connectivity index (χ0v) is 14.2. The van der Waals surface area contributed by atoms with Gasteiger partial charge in [-0.1, -0.05) is 13.8 Å². The Balaban J connectivity index is 2.23. The number of nitrogens with one attached hydrogen (secondary N) is 1. The van der Waals surface area contributed by atoms with Crippen LogP contribution >= 0.6 is 11.8 Å². The first-order valence-electron chi connectivity index (χ1n) is 7.32. The molecular formula is C15H24N2O3S. The normalized spacial score (nSPS) is 23.5. The van der Waals surface area contributed by atoms with Crippen LogP contribution in [-0.4, -0.2) is 48.3 Å². The molecule has 0 bridgehead atoms. The zero-order chi connectivity index (χ0) is 15.8. The van der Waals surface area contributed by atoms with Crippen molar-refractivity contribution in [1.29, 1.82) is 0 Å². The fourth-order valence-corrected chi connectivity index (χ4v) is 4.38. The summed E-state index contributed by atoms with van der Waals surface area (Å²) >= 11 is 1.66. The van der Waals surface area contributed by atoms with E-state index in [1.807, 2.05) is 13.8 Å². The molecule has 0 saturated carbocycles. The monoisotopic (exact) mass is 312 g/mol. The molecule has 1 saturated heterocycles. The molecule has 0 aromatic rings. The summed E-state index contributed by atoms with van der Waals surface area (Å²) in [6, 6.07) is 0.161. The third kappa shape index (κ3) is 3.20. The van der Waals surface area contributed by atoms with E-state index in [-0.39, 0.29) is 29.4 Å². The van der Waals surface area contributed by atoms with Crippen molar-refractivity contribution in [2.24, 2.45) is 5.41 Å². The predicted molar refractivity (Wildman–Crippen MR) is 83.7 cm³/mol. The molecule has 0 aromatic heterocycles. The summed E-state index contributed by atoms with van der Waals surface area (Å²) in [6.45, 7) is 8.61. The van der Waals surface area contributed by atoms with Gasteiger partial charge in [-0.05, 0) is 13.8 Å². The second kappa shape index (κ2) is 5.91. The van der Waals surface area contributed by atoms with Crippen molar-refractivity contribution in [2.45, 2.75) is 46.3 Å². The van der Waals surface area contributed by atoms with E-state index in [9.17, 15) is 9.59 Å². The van der Waals surface area contributed by atoms with Gasteiger partial charge in [0.2, 0.25) is 5.91 Å². The molecule has 1 atom stereocenters. The van der Waals surface area contributed by atoms with E-state index in [2.05, 4.69) is 24.1 Å². The molecule has 5 nitrogen and oxygen atoms in total. The molecule has 2 heterocycles. The minimum absolute atomic E-state index is 0.0397. The molecule has 1 unspecified atom stereocenters. The standard InChI is InChI=1S/C15H24N2O3S/c1-9(2)20-14(19)12-13-17(8-15(12,3)4)10(7-21-13)6-11(18)16-5/h9-10H,6-8H2,1-5H3,(H,16,18). The SMILES string of the molecule is CNC(=O)CC1CSC2=C(C(=O)OC(C)C)C(C)(C)CN21. The van der Waals surface area contributed by atoms with E-state index in [4.69, 9.17) is 4.74 Å². The van der Waals surface area contributed by atoms with E-state index in [1.54, 1.807) is 18.8 Å². The first kappa shape index (κ1) is 16.2. The maximum Gasteiger partial charge on any atom is 0.337 e. The van der Waals surface area contributed by atoms with Gasteiger partial charge in [0.15, 0.2) is 0 Å². The van der Waals surface area contributed by atoms with Gasteiger partial charge in [-0.15, -0.1) is 11.8 Å². The van der Waals surface area contributed by atoms with E-state index in [0.29, 0.717) is 6.42 Å². The molecule has 0 spiro atoms. The Morgan fingerprint density at radius 2 is 2.14 bits per heavy atom. The number of hydrogen-bond acceptors (Lipinski definition) is 5. The maximum atomic E-state index is 12.4. The molecule has 2 aliphatic rings. The minimum Gasteiger partial charge on any atom is -0.460 e. The Bertz CT molecular complexity index is 485. The quantitative estimate of drug-likeness (QED) is 0.801. The Morgan fingerprint density at radius 1 is 1.48 bits per heavy atom. The lowest BCUT2D eigenvalue weighted by molar-refractivity contribution is -0.143. The largest absolute Gasteiger partial charge is 0.460 e. The number of ether oxygens (including phenoxy) is 1. The van der Waals surface area contributed by atoms with Crippen LogP contribution in [0.2, 0.25) is 0 Å². The highest BCUT2D eigenvalue weighted by atomic mass is 32.2. The van der Waals surface area contributed by atoms with Crippen LogP contribution in [-0.2, 0) is 14.3 Å². The molecule has 21 heavy (non-hydrogen) atoms. The Labute approximate surface area is 130 Å². The van der Waals surface area contributed by atoms with Gasteiger partial charge in [-0.2, -0.15) is 0 Å². The highest BCUT2D eigenvalue weighted by molar-refractivity contribution is 8.03. The van der Waals surface area contributed by atoms with E-state index < -0.39 is 0 Å². The first-order chi connectivity index (χ1) is 9.76. The molecule has 1 fully saturated rings. The van der Waals surface area contributed by atoms with Crippen LogP contribution in [0.25, 0.3) is 0 Å². The molecule has 2 rings (SSSR count). The third-order valence-corrected chi connectivity index (χ3v) is 5.08. The van der Waals surface area contributed by atoms with Crippen molar-refractivity contribution in [2.75, 3.05) is 19.3 Å². The topological polar surface area (TPSA) is 58.6 Å². The second-order valence-electron chi connectivity index (χ2n) is 6.49. The highest BCUT2D eigenvalue weighted by Gasteiger charge is 2.47. The number of carbonyl (C=O) groups is 2. The number of rotatable bonds is 4. The Kier molecular flexibility index (Phi) is 4.56. The lowest BCUT2D eigenvalue weighted by Crippen LogP contribution is -2.36. The summed E-state index contributed by atoms with van der Waals surface area (Å²) in [4.78, 5) is 26.2. The Morgan fingerprint density at radius 3 is 2.71 bits per heavy atom. The van der Waals surface area contributed by atoms with Crippen molar-refractivity contribution < 1.29 is 14.3 Å². The van der Waals surface area contributed by atoms with Crippen molar-refractivity contribution in [3.63, 3.8) is 0 Å². The van der Waals surface area contributed by atoms with Crippen LogP contribution in [0.15, 0.2) is 10.6 Å². The van der Waals surface area contributed by atoms with Crippen molar-refractivity contribution >= 4 is 23.6 Å². The summed E-state index contributed by atoms with van der Waals surface area (Å²) in [5, 5.41) is 3.67. The molecular weight excluding hydrogens is 288 g/mol. The van der Waals surface area contributed by atoms with Gasteiger partial charge in [0.25, 0.3) is 0 Å². The lowest BCUT2D eigenvalue weighted by atomic mass is 9.87. The number of carbonyl (C=O) groups excluding carboxylic acids is 2. The fraction of sp³-hybridized carbons (Fsp3) is 0.733. The summed E-state index contributed by atoms with van der Waals surface area (Å²) in [5.41, 5.74) is 0.524. The second-order valence-corrected chi connectivity index (χ2v) is 7.50. The number of amides is 1. The van der Waals surface area contributed by atoms with Gasteiger partial charge >= 0.3 is 5.97 Å². The summed E-state index contributed by atoms with van der Waals surface area (Å²) < 4.78 is 5.40. The van der Waals surface area contributed by atoms with Gasteiger partial charge in [0.05, 0.1) is 16.7 Å². The summed E-state index contributed by atoms with van der Waals surface area (Å²) in [7, 11) is 1.65. The molecule has 0 aromatic carbocycles. The highest BCUT2D eigenvalue weighted by Crippen LogP contribution is 2.49. The number of fused-ring (bicyclic) bond motifs is 1. The van der Waals surface area contributed by atoms with Crippen LogP contribution in [0.1, 0.15) is 34.1 Å². The van der Waals surface area contributed by atoms with Crippen LogP contribution in [0.3, 0.4) is 0 Å². The number of thioether (sulfide) groups is 1. The third-order valence-electron chi connectivity index (χ3n) is 3.82. The maximum absolute atomic E-state index is 12.4. The van der Waals surface area contributed by atoms with Crippen LogP contribution in [0.5, 0.6) is 0 Å². The predicted octanol–water partition coefficient (Wildman–Crippen LogP) is 1.74. The average Bonchev–Trinajstić information content (AvgIpc) is 2.83. The van der Waals surface area contributed by atoms with Gasteiger partial charge < -0.3 is 15.0 Å². The lowest BCUT2D eigenvalue weighted by Gasteiger charge is -2.27. The molecule has 1 amide bonds. The van der Waals surface area contributed by atoms with Crippen LogP contribution < -0.4 is 5.32 Å². The average molecular weight is 312 g/mol. The van der Waals surface area contributed by atoms with Crippen molar-refractivity contribution in [3.05, 3.63) is 10.6 Å². The number of esters is 1. The summed E-state index contributed by atoms with van der Waals surface area (Å²) in [6.07, 6.45) is 0.346. The molecule has 0 radical (unpaired) electrons.